The van der Waals surface area contributed by atoms with Crippen molar-refractivity contribution in [1.82, 2.24) is 5.32 Å². The molecule has 0 fully saturated rings. The molecule has 2 rings (SSSR count). The van der Waals surface area contributed by atoms with Gasteiger partial charge in [0.05, 0.1) is 5.54 Å². The lowest BCUT2D eigenvalue weighted by Crippen LogP contribution is -2.44. The Morgan fingerprint density at radius 1 is 1.24 bits per heavy atom. The fourth-order valence-corrected chi connectivity index (χ4v) is 2.51. The maximum atomic E-state index is 13.6. The Balaban J connectivity index is 2.26. The third-order valence-electron chi connectivity index (χ3n) is 3.50. The lowest BCUT2D eigenvalue weighted by atomic mass is 9.94. The Morgan fingerprint density at radius 3 is 2.48 bits per heavy atom. The van der Waals surface area contributed by atoms with Crippen molar-refractivity contribution in [2.45, 2.75) is 19.4 Å². The molecule has 0 aliphatic rings. The molecule has 2 nitrogen and oxygen atoms in total. The maximum Gasteiger partial charge on any atom is 0.252 e. The van der Waals surface area contributed by atoms with E-state index in [1.54, 1.807) is 19.1 Å². The van der Waals surface area contributed by atoms with E-state index < -0.39 is 5.54 Å². The van der Waals surface area contributed by atoms with Crippen molar-refractivity contribution in [2.24, 2.45) is 0 Å². The standard InChI is InChI=1S/C17H17BrFNO/c1-12-8-9-13(10-15(12)19)16(21)20-17(2,11-18)14-6-4-3-5-7-14/h3-10H,11H2,1-2H3,(H,20,21). The number of amides is 1. The fraction of sp³-hybridized carbons (Fsp3) is 0.235. The molecular formula is C17H17BrFNO. The normalized spacial score (nSPS) is 13.5. The van der Waals surface area contributed by atoms with E-state index in [1.165, 1.54) is 6.07 Å². The summed E-state index contributed by atoms with van der Waals surface area (Å²) in [5, 5.41) is 3.53. The topological polar surface area (TPSA) is 29.1 Å². The van der Waals surface area contributed by atoms with Crippen molar-refractivity contribution in [3.8, 4) is 0 Å². The predicted molar refractivity (Wildman–Crippen MR) is 86.2 cm³/mol. The highest BCUT2D eigenvalue weighted by Crippen LogP contribution is 2.23. The smallest absolute Gasteiger partial charge is 0.252 e. The lowest BCUT2D eigenvalue weighted by molar-refractivity contribution is 0.0913. The van der Waals surface area contributed by atoms with E-state index in [2.05, 4.69) is 21.2 Å². The van der Waals surface area contributed by atoms with Crippen LogP contribution in [-0.2, 0) is 5.54 Å². The first-order chi connectivity index (χ1) is 9.96. The fourth-order valence-electron chi connectivity index (χ4n) is 2.05. The monoisotopic (exact) mass is 349 g/mol. The molecule has 2 aromatic rings. The summed E-state index contributed by atoms with van der Waals surface area (Å²) >= 11 is 3.45. The number of nitrogens with one attached hydrogen (secondary N) is 1. The zero-order valence-electron chi connectivity index (χ0n) is 12.0. The second-order valence-electron chi connectivity index (χ2n) is 5.25. The molecule has 4 heteroatoms. The van der Waals surface area contributed by atoms with Crippen LogP contribution >= 0.6 is 15.9 Å². The van der Waals surface area contributed by atoms with Crippen molar-refractivity contribution in [3.05, 3.63) is 71.0 Å². The lowest BCUT2D eigenvalue weighted by Gasteiger charge is -2.29. The number of carbonyl (C=O) groups is 1. The summed E-state index contributed by atoms with van der Waals surface area (Å²) in [7, 11) is 0. The molecule has 0 aromatic heterocycles. The molecule has 21 heavy (non-hydrogen) atoms. The predicted octanol–water partition coefficient (Wildman–Crippen LogP) is 4.17. The van der Waals surface area contributed by atoms with Gasteiger partial charge in [-0.05, 0) is 37.1 Å². The molecule has 110 valence electrons. The molecule has 0 saturated carbocycles. The van der Waals surface area contributed by atoms with Crippen molar-refractivity contribution in [3.63, 3.8) is 0 Å². The molecule has 0 saturated heterocycles. The average molecular weight is 350 g/mol. The van der Waals surface area contributed by atoms with Crippen LogP contribution in [0.25, 0.3) is 0 Å². The Bertz CT molecular complexity index is 644. The molecule has 1 amide bonds. The van der Waals surface area contributed by atoms with Crippen LogP contribution in [0.1, 0.15) is 28.4 Å². The number of alkyl halides is 1. The zero-order valence-corrected chi connectivity index (χ0v) is 13.6. The van der Waals surface area contributed by atoms with Gasteiger partial charge in [-0.2, -0.15) is 0 Å². The summed E-state index contributed by atoms with van der Waals surface area (Å²) in [6.45, 7) is 3.60. The van der Waals surface area contributed by atoms with E-state index in [-0.39, 0.29) is 11.7 Å². The number of hydrogen-bond donors (Lipinski definition) is 1. The molecule has 2 aromatic carbocycles. The van der Waals surface area contributed by atoms with Gasteiger partial charge in [-0.3, -0.25) is 4.79 Å². The van der Waals surface area contributed by atoms with Crippen LogP contribution in [0.4, 0.5) is 4.39 Å². The highest BCUT2D eigenvalue weighted by molar-refractivity contribution is 9.09. The van der Waals surface area contributed by atoms with E-state index in [0.29, 0.717) is 16.5 Å². The first-order valence-electron chi connectivity index (χ1n) is 6.66. The van der Waals surface area contributed by atoms with Crippen LogP contribution in [0.3, 0.4) is 0 Å². The first-order valence-corrected chi connectivity index (χ1v) is 7.78. The molecule has 1 N–H and O–H groups in total. The zero-order chi connectivity index (χ0) is 15.5. The van der Waals surface area contributed by atoms with Gasteiger partial charge in [0, 0.05) is 10.9 Å². The van der Waals surface area contributed by atoms with Gasteiger partial charge in [0.2, 0.25) is 0 Å². The molecular weight excluding hydrogens is 333 g/mol. The Morgan fingerprint density at radius 2 is 1.90 bits per heavy atom. The molecule has 0 aliphatic heterocycles. The Labute approximate surface area is 132 Å². The summed E-state index contributed by atoms with van der Waals surface area (Å²) in [5.41, 5.74) is 1.28. The van der Waals surface area contributed by atoms with E-state index >= 15 is 0 Å². The van der Waals surface area contributed by atoms with Crippen LogP contribution in [0, 0.1) is 12.7 Å². The summed E-state index contributed by atoms with van der Waals surface area (Å²) < 4.78 is 13.6. The van der Waals surface area contributed by atoms with Gasteiger partial charge in [0.15, 0.2) is 0 Å². The number of benzene rings is 2. The van der Waals surface area contributed by atoms with E-state index in [1.807, 2.05) is 37.3 Å². The third-order valence-corrected chi connectivity index (χ3v) is 4.62. The van der Waals surface area contributed by atoms with Gasteiger partial charge >= 0.3 is 0 Å². The van der Waals surface area contributed by atoms with E-state index in [0.717, 1.165) is 5.56 Å². The number of halogens is 2. The second-order valence-corrected chi connectivity index (χ2v) is 5.81. The molecule has 0 aliphatic carbocycles. The molecule has 0 heterocycles. The maximum absolute atomic E-state index is 13.6. The number of rotatable bonds is 4. The Kier molecular flexibility index (Phi) is 4.78. The minimum atomic E-state index is -0.556. The molecule has 1 unspecified atom stereocenters. The van der Waals surface area contributed by atoms with Crippen LogP contribution < -0.4 is 5.32 Å². The van der Waals surface area contributed by atoms with Gasteiger partial charge in [0.1, 0.15) is 5.82 Å². The summed E-state index contributed by atoms with van der Waals surface area (Å²) in [6.07, 6.45) is 0. The highest BCUT2D eigenvalue weighted by Gasteiger charge is 2.27. The third kappa shape index (κ3) is 3.50. The van der Waals surface area contributed by atoms with Crippen LogP contribution in [0.5, 0.6) is 0 Å². The second kappa shape index (κ2) is 6.39. The van der Waals surface area contributed by atoms with E-state index in [4.69, 9.17) is 0 Å². The van der Waals surface area contributed by atoms with E-state index in [9.17, 15) is 9.18 Å². The largest absolute Gasteiger partial charge is 0.342 e. The quantitative estimate of drug-likeness (QED) is 0.824. The SMILES string of the molecule is Cc1ccc(C(=O)NC(C)(CBr)c2ccccc2)cc1F. The number of hydrogen-bond acceptors (Lipinski definition) is 1. The van der Waals surface area contributed by atoms with Gasteiger partial charge in [-0.1, -0.05) is 52.3 Å². The van der Waals surface area contributed by atoms with Crippen molar-refractivity contribution >= 4 is 21.8 Å². The van der Waals surface area contributed by atoms with Gasteiger partial charge in [-0.25, -0.2) is 4.39 Å². The van der Waals surface area contributed by atoms with Crippen molar-refractivity contribution < 1.29 is 9.18 Å². The highest BCUT2D eigenvalue weighted by atomic mass is 79.9. The number of carbonyl (C=O) groups excluding carboxylic acids is 1. The molecule has 0 bridgehead atoms. The minimum Gasteiger partial charge on any atom is -0.342 e. The van der Waals surface area contributed by atoms with Crippen molar-refractivity contribution in [1.29, 1.82) is 0 Å². The Hall–Kier alpha value is -1.68. The molecule has 0 radical (unpaired) electrons. The molecule has 0 spiro atoms. The van der Waals surface area contributed by atoms with Crippen LogP contribution in [0.2, 0.25) is 0 Å². The summed E-state index contributed by atoms with van der Waals surface area (Å²) in [6, 6.07) is 14.2. The first kappa shape index (κ1) is 15.7. The minimum absolute atomic E-state index is 0.292. The van der Waals surface area contributed by atoms with Gasteiger partial charge in [-0.15, -0.1) is 0 Å². The van der Waals surface area contributed by atoms with Gasteiger partial charge in [0.25, 0.3) is 5.91 Å². The molecule has 1 atom stereocenters. The summed E-state index contributed by atoms with van der Waals surface area (Å²) in [5.74, 6) is -0.664. The van der Waals surface area contributed by atoms with Crippen molar-refractivity contribution in [2.75, 3.05) is 5.33 Å². The van der Waals surface area contributed by atoms with Crippen LogP contribution in [-0.4, -0.2) is 11.2 Å². The van der Waals surface area contributed by atoms with Gasteiger partial charge < -0.3 is 5.32 Å². The van der Waals surface area contributed by atoms with Crippen LogP contribution in [0.15, 0.2) is 48.5 Å². The average Bonchev–Trinajstić information content (AvgIpc) is 2.50. The number of aryl methyl sites for hydroxylation is 1. The summed E-state index contributed by atoms with van der Waals surface area (Å²) in [4.78, 5) is 12.4.